The highest BCUT2D eigenvalue weighted by atomic mass is 16.5. The third kappa shape index (κ3) is 2.45. The molecule has 2 N–H and O–H groups in total. The molecule has 130 valence electrons. The van der Waals surface area contributed by atoms with Crippen LogP contribution in [0.5, 0.6) is 23.0 Å². The van der Waals surface area contributed by atoms with Gasteiger partial charge in [0, 0.05) is 17.7 Å². The second-order valence-corrected chi connectivity index (χ2v) is 5.88. The van der Waals surface area contributed by atoms with E-state index >= 15 is 0 Å². The first-order valence-corrected chi connectivity index (χ1v) is 8.05. The summed E-state index contributed by atoms with van der Waals surface area (Å²) in [6.45, 7) is 0. The summed E-state index contributed by atoms with van der Waals surface area (Å²) in [5.41, 5.74) is 2.89. The Labute approximate surface area is 149 Å². The number of hydrogen-bond acceptors (Lipinski definition) is 4. The van der Waals surface area contributed by atoms with Crippen LogP contribution in [0.1, 0.15) is 0 Å². The molecule has 1 aromatic heterocycles. The zero-order chi connectivity index (χ0) is 18.3. The molecule has 0 aliphatic heterocycles. The van der Waals surface area contributed by atoms with Crippen LogP contribution in [0.3, 0.4) is 0 Å². The summed E-state index contributed by atoms with van der Waals surface area (Å²) in [6, 6.07) is 16.3. The molecule has 0 bridgehead atoms. The maximum atomic E-state index is 10.3. The first-order valence-electron chi connectivity index (χ1n) is 8.05. The molecule has 4 rings (SSSR count). The van der Waals surface area contributed by atoms with E-state index in [1.807, 2.05) is 30.3 Å². The quantitative estimate of drug-likeness (QED) is 0.404. The molecule has 0 amide bonds. The minimum absolute atomic E-state index is 0.0180. The van der Waals surface area contributed by atoms with Gasteiger partial charge in [-0.3, -0.25) is 0 Å². The van der Waals surface area contributed by atoms with Crippen LogP contribution < -0.4 is 9.47 Å². The molecule has 0 atom stereocenters. The van der Waals surface area contributed by atoms with Gasteiger partial charge in [0.05, 0.1) is 37.1 Å². The summed E-state index contributed by atoms with van der Waals surface area (Å²) < 4.78 is 16.4. The van der Waals surface area contributed by atoms with Crippen LogP contribution in [0.25, 0.3) is 33.1 Å². The van der Waals surface area contributed by atoms with Crippen molar-refractivity contribution < 1.29 is 24.1 Å². The summed E-state index contributed by atoms with van der Waals surface area (Å²) >= 11 is 0. The van der Waals surface area contributed by atoms with Crippen molar-refractivity contribution in [2.24, 2.45) is 0 Å². The molecule has 1 heterocycles. The molecular formula is C21H17O5+. The van der Waals surface area contributed by atoms with Crippen LogP contribution in [-0.4, -0.2) is 24.4 Å². The number of aromatic hydroxyl groups is 2. The molecule has 0 spiro atoms. The lowest BCUT2D eigenvalue weighted by Crippen LogP contribution is -1.90. The first kappa shape index (κ1) is 16.0. The topological polar surface area (TPSA) is 70.2 Å². The van der Waals surface area contributed by atoms with Crippen molar-refractivity contribution in [2.45, 2.75) is 0 Å². The lowest BCUT2D eigenvalue weighted by molar-refractivity contribution is 0.372. The van der Waals surface area contributed by atoms with E-state index in [4.69, 9.17) is 13.9 Å². The van der Waals surface area contributed by atoms with E-state index in [2.05, 4.69) is 0 Å². The fourth-order valence-electron chi connectivity index (χ4n) is 3.17. The summed E-state index contributed by atoms with van der Waals surface area (Å²) in [5.74, 6) is 0.685. The summed E-state index contributed by atoms with van der Waals surface area (Å²) in [6.07, 6.45) is 0. The first-order chi connectivity index (χ1) is 12.6. The van der Waals surface area contributed by atoms with Crippen molar-refractivity contribution in [3.8, 4) is 34.1 Å². The molecule has 26 heavy (non-hydrogen) atoms. The van der Waals surface area contributed by atoms with Crippen molar-refractivity contribution in [3.63, 3.8) is 0 Å². The van der Waals surface area contributed by atoms with E-state index in [-0.39, 0.29) is 11.5 Å². The Morgan fingerprint density at radius 2 is 1.23 bits per heavy atom. The normalized spacial score (nSPS) is 11.0. The fraction of sp³-hybridized carbons (Fsp3) is 0.0952. The van der Waals surface area contributed by atoms with Crippen molar-refractivity contribution in [1.82, 2.24) is 0 Å². The molecule has 5 heteroatoms. The number of fused-ring (bicyclic) bond motifs is 2. The van der Waals surface area contributed by atoms with Gasteiger partial charge in [0.1, 0.15) is 0 Å². The van der Waals surface area contributed by atoms with Gasteiger partial charge in [0.25, 0.3) is 0 Å². The third-order valence-electron chi connectivity index (χ3n) is 4.38. The predicted molar refractivity (Wildman–Crippen MR) is 100.0 cm³/mol. The lowest BCUT2D eigenvalue weighted by atomic mass is 9.96. The summed E-state index contributed by atoms with van der Waals surface area (Å²) in [4.78, 5) is 0. The van der Waals surface area contributed by atoms with Crippen LogP contribution in [0.2, 0.25) is 0 Å². The van der Waals surface area contributed by atoms with Crippen molar-refractivity contribution in [2.75, 3.05) is 14.2 Å². The minimum atomic E-state index is 0.0180. The van der Waals surface area contributed by atoms with Gasteiger partial charge in [0.2, 0.25) is 0 Å². The van der Waals surface area contributed by atoms with Crippen molar-refractivity contribution in [3.05, 3.63) is 54.6 Å². The Morgan fingerprint density at radius 3 is 1.69 bits per heavy atom. The number of phenolic OH excluding ortho intramolecular Hbond substituents is 2. The van der Waals surface area contributed by atoms with Crippen LogP contribution in [0.15, 0.2) is 59.0 Å². The van der Waals surface area contributed by atoms with Crippen LogP contribution in [-0.2, 0) is 0 Å². The molecule has 0 unspecified atom stereocenters. The summed E-state index contributed by atoms with van der Waals surface area (Å²) in [5, 5.41) is 21.9. The maximum absolute atomic E-state index is 10.3. The molecule has 3 aromatic carbocycles. The van der Waals surface area contributed by atoms with Crippen molar-refractivity contribution >= 4 is 21.9 Å². The van der Waals surface area contributed by atoms with E-state index in [0.717, 1.165) is 11.1 Å². The zero-order valence-corrected chi connectivity index (χ0v) is 14.3. The molecule has 0 aliphatic carbocycles. The highest BCUT2D eigenvalue weighted by Gasteiger charge is 2.24. The van der Waals surface area contributed by atoms with E-state index in [1.54, 1.807) is 24.3 Å². The lowest BCUT2D eigenvalue weighted by Gasteiger charge is -2.09. The van der Waals surface area contributed by atoms with Gasteiger partial charge < -0.3 is 19.7 Å². The molecule has 0 radical (unpaired) electrons. The Bertz CT molecular complexity index is 1050. The average Bonchev–Trinajstić information content (AvgIpc) is 2.66. The Hall–Kier alpha value is -3.47. The van der Waals surface area contributed by atoms with Gasteiger partial charge in [-0.1, -0.05) is 30.3 Å². The van der Waals surface area contributed by atoms with Gasteiger partial charge >= 0.3 is 11.2 Å². The Kier molecular flexibility index (Phi) is 3.77. The molecule has 4 aromatic rings. The monoisotopic (exact) mass is 349 g/mol. The predicted octanol–water partition coefficient (Wildman–Crippen LogP) is 4.96. The largest absolute Gasteiger partial charge is 0.504 e. The number of benzene rings is 3. The van der Waals surface area contributed by atoms with Crippen LogP contribution in [0, 0.1) is 0 Å². The zero-order valence-electron chi connectivity index (χ0n) is 14.3. The molecule has 0 fully saturated rings. The Morgan fingerprint density at radius 1 is 0.731 bits per heavy atom. The smallest absolute Gasteiger partial charge is 0.365 e. The number of ether oxygens (including phenoxy) is 2. The molecule has 0 saturated carbocycles. The molecular weight excluding hydrogens is 332 g/mol. The molecule has 5 nitrogen and oxygen atoms in total. The Balaban J connectivity index is 2.20. The van der Waals surface area contributed by atoms with Gasteiger partial charge in [-0.2, -0.15) is 0 Å². The highest BCUT2D eigenvalue weighted by Crippen LogP contribution is 2.43. The highest BCUT2D eigenvalue weighted by molar-refractivity contribution is 6.09. The van der Waals surface area contributed by atoms with E-state index < -0.39 is 0 Å². The van der Waals surface area contributed by atoms with Crippen molar-refractivity contribution in [1.29, 1.82) is 0 Å². The second kappa shape index (κ2) is 6.11. The van der Waals surface area contributed by atoms with Gasteiger partial charge in [-0.05, 0) is 5.56 Å². The van der Waals surface area contributed by atoms with E-state index in [1.165, 1.54) is 14.2 Å². The van der Waals surface area contributed by atoms with Crippen LogP contribution in [0.4, 0.5) is 0 Å². The molecule has 0 aliphatic rings. The number of hydrogen-bond donors (Lipinski definition) is 2. The molecule has 0 saturated heterocycles. The van der Waals surface area contributed by atoms with E-state index in [9.17, 15) is 10.2 Å². The third-order valence-corrected chi connectivity index (χ3v) is 4.38. The fourth-order valence-corrected chi connectivity index (χ4v) is 3.17. The van der Waals surface area contributed by atoms with Gasteiger partial charge in [-0.25, -0.2) is 4.42 Å². The minimum Gasteiger partial charge on any atom is -0.504 e. The van der Waals surface area contributed by atoms with Gasteiger partial charge in [0.15, 0.2) is 23.0 Å². The number of phenols is 2. The average molecular weight is 349 g/mol. The van der Waals surface area contributed by atoms with Gasteiger partial charge in [-0.15, -0.1) is 0 Å². The summed E-state index contributed by atoms with van der Waals surface area (Å²) in [7, 11) is 2.97. The number of methoxy groups -OCH3 is 2. The maximum Gasteiger partial charge on any atom is 0.365 e. The standard InChI is InChI=1S/C21H16O5/c1-24-19-10-17-13(8-15(19)22)21(12-6-4-3-5-7-12)14-9-16(23)20(25-2)11-18(14)26-17/h3-11H,1-2H3,(H-,22,23)/p+1. The van der Waals surface area contributed by atoms with Crippen LogP contribution >= 0.6 is 0 Å². The number of rotatable bonds is 3. The SMILES string of the molecule is COc1cc2[o+]c3cc(OC)c(O)cc3c(-c3ccccc3)c2cc1O. The van der Waals surface area contributed by atoms with E-state index in [0.29, 0.717) is 33.4 Å². The second-order valence-electron chi connectivity index (χ2n) is 5.88.